The van der Waals surface area contributed by atoms with Gasteiger partial charge in [0.1, 0.15) is 0 Å². The number of carboxylic acids is 1. The van der Waals surface area contributed by atoms with E-state index in [2.05, 4.69) is 24.1 Å². The summed E-state index contributed by atoms with van der Waals surface area (Å²) >= 11 is 0. The Morgan fingerprint density at radius 1 is 1.69 bits per heavy atom. The first kappa shape index (κ1) is 10.5. The number of hydrogen-bond acceptors (Lipinski definition) is 3. The molecule has 2 atom stereocenters. The summed E-state index contributed by atoms with van der Waals surface area (Å²) in [6.07, 6.45) is 0.225. The van der Waals surface area contributed by atoms with Gasteiger partial charge in [0.2, 0.25) is 0 Å². The van der Waals surface area contributed by atoms with E-state index in [1.165, 1.54) is 0 Å². The molecule has 0 spiro atoms. The lowest BCUT2D eigenvalue weighted by Crippen LogP contribution is -2.55. The van der Waals surface area contributed by atoms with Gasteiger partial charge in [0.05, 0.1) is 6.42 Å². The molecule has 1 heterocycles. The minimum Gasteiger partial charge on any atom is -0.481 e. The predicted octanol–water partition coefficient (Wildman–Crippen LogP) is 0.143. The largest absolute Gasteiger partial charge is 0.481 e. The van der Waals surface area contributed by atoms with E-state index in [-0.39, 0.29) is 12.5 Å². The molecule has 76 valence electrons. The molecule has 0 radical (unpaired) electrons. The summed E-state index contributed by atoms with van der Waals surface area (Å²) < 4.78 is 0. The lowest BCUT2D eigenvalue weighted by atomic mass is 10.1. The number of aliphatic carboxylic acids is 1. The molecule has 1 aliphatic rings. The zero-order valence-electron chi connectivity index (χ0n) is 8.29. The lowest BCUT2D eigenvalue weighted by Gasteiger charge is -2.37. The summed E-state index contributed by atoms with van der Waals surface area (Å²) in [5, 5.41) is 11.9. The van der Waals surface area contributed by atoms with Crippen molar-refractivity contribution in [1.82, 2.24) is 10.2 Å². The van der Waals surface area contributed by atoms with Gasteiger partial charge >= 0.3 is 5.97 Å². The summed E-state index contributed by atoms with van der Waals surface area (Å²) in [4.78, 5) is 12.8. The van der Waals surface area contributed by atoms with Crippen molar-refractivity contribution in [3.8, 4) is 0 Å². The standard InChI is InChI=1S/C9H18N2O2/c1-3-11-6-8(4-9(12)13)10-5-7(11)2/h7-8,10H,3-6H2,1-2H3,(H,12,13). The molecule has 4 heteroatoms. The van der Waals surface area contributed by atoms with Gasteiger partial charge in [-0.1, -0.05) is 6.92 Å². The number of nitrogens with one attached hydrogen (secondary N) is 1. The Kier molecular flexibility index (Phi) is 3.69. The van der Waals surface area contributed by atoms with Crippen LogP contribution in [-0.4, -0.2) is 47.7 Å². The minimum atomic E-state index is -0.719. The van der Waals surface area contributed by atoms with Crippen LogP contribution in [0, 0.1) is 0 Å². The number of nitrogens with zero attached hydrogens (tertiary/aromatic N) is 1. The predicted molar refractivity (Wildman–Crippen MR) is 50.8 cm³/mol. The van der Waals surface area contributed by atoms with Crippen LogP contribution < -0.4 is 5.32 Å². The second-order valence-corrected chi connectivity index (χ2v) is 3.64. The van der Waals surface area contributed by atoms with E-state index in [1.54, 1.807) is 0 Å². The minimum absolute atomic E-state index is 0.119. The Morgan fingerprint density at radius 2 is 2.38 bits per heavy atom. The molecule has 4 nitrogen and oxygen atoms in total. The van der Waals surface area contributed by atoms with Gasteiger partial charge in [0.25, 0.3) is 0 Å². The van der Waals surface area contributed by atoms with E-state index in [0.29, 0.717) is 6.04 Å². The quantitative estimate of drug-likeness (QED) is 0.658. The SMILES string of the molecule is CCN1CC(CC(=O)O)NCC1C. The zero-order valence-corrected chi connectivity index (χ0v) is 8.29. The molecule has 1 saturated heterocycles. The maximum Gasteiger partial charge on any atom is 0.304 e. The van der Waals surface area contributed by atoms with E-state index in [0.717, 1.165) is 19.6 Å². The first-order chi connectivity index (χ1) is 6.13. The number of carboxylic acid groups (broad SMARTS) is 1. The highest BCUT2D eigenvalue weighted by Gasteiger charge is 2.24. The third-order valence-corrected chi connectivity index (χ3v) is 2.61. The second-order valence-electron chi connectivity index (χ2n) is 3.64. The van der Waals surface area contributed by atoms with Gasteiger partial charge in [-0.15, -0.1) is 0 Å². The normalized spacial score (nSPS) is 30.3. The lowest BCUT2D eigenvalue weighted by molar-refractivity contribution is -0.137. The van der Waals surface area contributed by atoms with Gasteiger partial charge in [-0.2, -0.15) is 0 Å². The third-order valence-electron chi connectivity index (χ3n) is 2.61. The monoisotopic (exact) mass is 186 g/mol. The molecule has 1 fully saturated rings. The highest BCUT2D eigenvalue weighted by atomic mass is 16.4. The third kappa shape index (κ3) is 2.97. The van der Waals surface area contributed by atoms with Crippen molar-refractivity contribution in [2.45, 2.75) is 32.4 Å². The second kappa shape index (κ2) is 4.58. The van der Waals surface area contributed by atoms with Gasteiger partial charge in [0.15, 0.2) is 0 Å². The maximum absolute atomic E-state index is 10.5. The van der Waals surface area contributed by atoms with Crippen LogP contribution in [0.4, 0.5) is 0 Å². The fourth-order valence-electron chi connectivity index (χ4n) is 1.78. The molecule has 1 aliphatic heterocycles. The van der Waals surface area contributed by atoms with Gasteiger partial charge in [-0.3, -0.25) is 9.69 Å². The van der Waals surface area contributed by atoms with Gasteiger partial charge in [-0.05, 0) is 13.5 Å². The molecule has 0 amide bonds. The Labute approximate surface area is 78.9 Å². The average molecular weight is 186 g/mol. The fraction of sp³-hybridized carbons (Fsp3) is 0.889. The zero-order chi connectivity index (χ0) is 9.84. The Bertz CT molecular complexity index is 184. The molecule has 13 heavy (non-hydrogen) atoms. The number of piperazine rings is 1. The average Bonchev–Trinajstić information content (AvgIpc) is 2.07. The van der Waals surface area contributed by atoms with E-state index in [4.69, 9.17) is 5.11 Å². The Morgan fingerprint density at radius 3 is 2.92 bits per heavy atom. The Hall–Kier alpha value is -0.610. The summed E-state index contributed by atoms with van der Waals surface area (Å²) in [5.74, 6) is -0.719. The summed E-state index contributed by atoms with van der Waals surface area (Å²) in [7, 11) is 0. The molecular formula is C9H18N2O2. The highest BCUT2D eigenvalue weighted by molar-refractivity contribution is 5.67. The van der Waals surface area contributed by atoms with Crippen molar-refractivity contribution in [2.24, 2.45) is 0 Å². The Balaban J connectivity index is 2.40. The van der Waals surface area contributed by atoms with Crippen LogP contribution in [0.15, 0.2) is 0 Å². The first-order valence-corrected chi connectivity index (χ1v) is 4.82. The van der Waals surface area contributed by atoms with Gasteiger partial charge in [0, 0.05) is 25.2 Å². The van der Waals surface area contributed by atoms with Crippen LogP contribution in [0.1, 0.15) is 20.3 Å². The number of likely N-dealkylation sites (N-methyl/N-ethyl adjacent to an activating group) is 1. The van der Waals surface area contributed by atoms with Crippen LogP contribution in [0.2, 0.25) is 0 Å². The van der Waals surface area contributed by atoms with Crippen molar-refractivity contribution in [3.05, 3.63) is 0 Å². The number of rotatable bonds is 3. The molecule has 0 aromatic rings. The number of carbonyl (C=O) groups is 1. The van der Waals surface area contributed by atoms with Gasteiger partial charge < -0.3 is 10.4 Å². The molecule has 2 unspecified atom stereocenters. The van der Waals surface area contributed by atoms with Crippen molar-refractivity contribution < 1.29 is 9.90 Å². The van der Waals surface area contributed by atoms with Crippen LogP contribution in [0.5, 0.6) is 0 Å². The molecule has 2 N–H and O–H groups in total. The first-order valence-electron chi connectivity index (χ1n) is 4.82. The summed E-state index contributed by atoms with van der Waals surface area (Å²) in [6, 6.07) is 0.642. The molecule has 1 rings (SSSR count). The molecule has 0 aromatic heterocycles. The highest BCUT2D eigenvalue weighted by Crippen LogP contribution is 2.08. The van der Waals surface area contributed by atoms with Crippen LogP contribution in [0.25, 0.3) is 0 Å². The summed E-state index contributed by atoms with van der Waals surface area (Å²) in [5.41, 5.74) is 0. The topological polar surface area (TPSA) is 52.6 Å². The van der Waals surface area contributed by atoms with Crippen molar-refractivity contribution in [1.29, 1.82) is 0 Å². The van der Waals surface area contributed by atoms with Crippen molar-refractivity contribution in [2.75, 3.05) is 19.6 Å². The number of hydrogen-bond donors (Lipinski definition) is 2. The fourth-order valence-corrected chi connectivity index (χ4v) is 1.78. The maximum atomic E-state index is 10.5. The molecule has 0 aromatic carbocycles. The van der Waals surface area contributed by atoms with E-state index >= 15 is 0 Å². The van der Waals surface area contributed by atoms with Crippen LogP contribution in [-0.2, 0) is 4.79 Å². The molecule has 0 saturated carbocycles. The van der Waals surface area contributed by atoms with Crippen molar-refractivity contribution >= 4 is 5.97 Å². The van der Waals surface area contributed by atoms with Gasteiger partial charge in [-0.25, -0.2) is 0 Å². The van der Waals surface area contributed by atoms with Crippen molar-refractivity contribution in [3.63, 3.8) is 0 Å². The molecule has 0 aliphatic carbocycles. The molecular weight excluding hydrogens is 168 g/mol. The van der Waals surface area contributed by atoms with E-state index in [9.17, 15) is 4.79 Å². The van der Waals surface area contributed by atoms with E-state index < -0.39 is 5.97 Å². The molecule has 0 bridgehead atoms. The van der Waals surface area contributed by atoms with Crippen LogP contribution >= 0.6 is 0 Å². The van der Waals surface area contributed by atoms with Crippen LogP contribution in [0.3, 0.4) is 0 Å². The summed E-state index contributed by atoms with van der Waals surface area (Å²) in [6.45, 7) is 7.02. The smallest absolute Gasteiger partial charge is 0.304 e. The van der Waals surface area contributed by atoms with E-state index in [1.807, 2.05) is 0 Å².